The molecule has 144 valence electrons. The maximum absolute atomic E-state index is 12.9. The van der Waals surface area contributed by atoms with Crippen LogP contribution in [-0.2, 0) is 23.1 Å². The third-order valence-corrected chi connectivity index (χ3v) is 5.48. The van der Waals surface area contributed by atoms with Gasteiger partial charge in [-0.3, -0.25) is 4.79 Å². The Hall–Kier alpha value is -3.03. The van der Waals surface area contributed by atoms with Crippen LogP contribution in [0.1, 0.15) is 21.5 Å². The summed E-state index contributed by atoms with van der Waals surface area (Å²) in [5.74, 6) is -0.763. The van der Waals surface area contributed by atoms with Gasteiger partial charge in [-0.25, -0.2) is 17.5 Å². The predicted octanol–water partition coefficient (Wildman–Crippen LogP) is 3.23. The molecule has 0 aliphatic heterocycles. The number of rotatable bonds is 7. The maximum atomic E-state index is 12.9. The van der Waals surface area contributed by atoms with Gasteiger partial charge in [-0.2, -0.15) is 0 Å². The number of nitrogens with one attached hydrogen (secondary N) is 2. The van der Waals surface area contributed by atoms with E-state index in [-0.39, 0.29) is 29.4 Å². The first-order valence-corrected chi connectivity index (χ1v) is 10.1. The lowest BCUT2D eigenvalue weighted by atomic mass is 10.2. The summed E-state index contributed by atoms with van der Waals surface area (Å²) in [5, 5.41) is 2.69. The molecular formula is C21H19FN2O3S. The van der Waals surface area contributed by atoms with Gasteiger partial charge in [0.2, 0.25) is 10.0 Å². The second-order valence-electron chi connectivity index (χ2n) is 6.15. The van der Waals surface area contributed by atoms with Crippen LogP contribution >= 0.6 is 0 Å². The first kappa shape index (κ1) is 19.7. The first-order valence-electron chi connectivity index (χ1n) is 8.60. The second kappa shape index (κ2) is 8.77. The van der Waals surface area contributed by atoms with Crippen LogP contribution in [-0.4, -0.2) is 14.3 Å². The molecule has 0 aliphatic carbocycles. The minimum atomic E-state index is -3.76. The molecule has 3 aromatic rings. The van der Waals surface area contributed by atoms with Gasteiger partial charge in [0, 0.05) is 18.7 Å². The Kier molecular flexibility index (Phi) is 6.18. The van der Waals surface area contributed by atoms with Crippen molar-refractivity contribution in [3.8, 4) is 0 Å². The number of amides is 1. The van der Waals surface area contributed by atoms with Crippen molar-refractivity contribution < 1.29 is 17.6 Å². The molecule has 1 amide bonds. The standard InChI is InChI=1S/C21H19FN2O3S/c22-19-11-9-17(10-12-19)14-23-21(25)18-7-4-8-20(13-18)28(26,27)24-15-16-5-2-1-3-6-16/h1-13,24H,14-15H2,(H,23,25). The van der Waals surface area contributed by atoms with Crippen LogP contribution in [0.3, 0.4) is 0 Å². The van der Waals surface area contributed by atoms with Gasteiger partial charge in [0.15, 0.2) is 0 Å². The zero-order valence-electron chi connectivity index (χ0n) is 14.9. The highest BCUT2D eigenvalue weighted by molar-refractivity contribution is 7.89. The summed E-state index contributed by atoms with van der Waals surface area (Å²) in [6, 6.07) is 20.7. The summed E-state index contributed by atoms with van der Waals surface area (Å²) in [4.78, 5) is 12.4. The van der Waals surface area contributed by atoms with Gasteiger partial charge in [-0.1, -0.05) is 48.5 Å². The molecule has 5 nitrogen and oxygen atoms in total. The largest absolute Gasteiger partial charge is 0.348 e. The van der Waals surface area contributed by atoms with Gasteiger partial charge in [-0.15, -0.1) is 0 Å². The van der Waals surface area contributed by atoms with Crippen LogP contribution in [0.2, 0.25) is 0 Å². The Morgan fingerprint density at radius 1 is 0.821 bits per heavy atom. The number of carbonyl (C=O) groups excluding carboxylic acids is 1. The fourth-order valence-electron chi connectivity index (χ4n) is 2.55. The third kappa shape index (κ3) is 5.25. The monoisotopic (exact) mass is 398 g/mol. The summed E-state index contributed by atoms with van der Waals surface area (Å²) in [6.07, 6.45) is 0. The minimum Gasteiger partial charge on any atom is -0.348 e. The molecule has 0 saturated carbocycles. The van der Waals surface area contributed by atoms with Crippen LogP contribution < -0.4 is 10.0 Å². The average Bonchev–Trinajstić information content (AvgIpc) is 2.72. The van der Waals surface area contributed by atoms with E-state index in [1.165, 1.54) is 36.4 Å². The molecule has 0 fully saturated rings. The van der Waals surface area contributed by atoms with Crippen LogP contribution in [0.15, 0.2) is 83.8 Å². The highest BCUT2D eigenvalue weighted by Gasteiger charge is 2.16. The van der Waals surface area contributed by atoms with Crippen molar-refractivity contribution in [1.82, 2.24) is 10.0 Å². The Morgan fingerprint density at radius 3 is 2.21 bits per heavy atom. The third-order valence-electron chi connectivity index (χ3n) is 4.08. The minimum absolute atomic E-state index is 0.0119. The van der Waals surface area contributed by atoms with E-state index in [2.05, 4.69) is 10.0 Å². The molecule has 0 unspecified atom stereocenters. The quantitative estimate of drug-likeness (QED) is 0.642. The van der Waals surface area contributed by atoms with Crippen LogP contribution in [0.25, 0.3) is 0 Å². The van der Waals surface area contributed by atoms with Crippen molar-refractivity contribution in [2.75, 3.05) is 0 Å². The summed E-state index contributed by atoms with van der Waals surface area (Å²) in [6.45, 7) is 0.368. The number of hydrogen-bond acceptors (Lipinski definition) is 3. The van der Waals surface area contributed by atoms with Gasteiger partial charge in [0.25, 0.3) is 5.91 Å². The SMILES string of the molecule is O=C(NCc1ccc(F)cc1)c1cccc(S(=O)(=O)NCc2ccccc2)c1. The second-order valence-corrected chi connectivity index (χ2v) is 7.91. The van der Waals surface area contributed by atoms with E-state index in [0.717, 1.165) is 11.1 Å². The van der Waals surface area contributed by atoms with E-state index < -0.39 is 15.9 Å². The molecular weight excluding hydrogens is 379 g/mol. The Labute approximate surface area is 163 Å². The zero-order chi connectivity index (χ0) is 20.0. The number of hydrogen-bond donors (Lipinski definition) is 2. The van der Waals surface area contributed by atoms with Crippen molar-refractivity contribution in [1.29, 1.82) is 0 Å². The summed E-state index contributed by atoms with van der Waals surface area (Å²) in [7, 11) is -3.76. The molecule has 0 aliphatic rings. The summed E-state index contributed by atoms with van der Waals surface area (Å²) < 4.78 is 40.5. The van der Waals surface area contributed by atoms with E-state index in [1.807, 2.05) is 30.3 Å². The van der Waals surface area contributed by atoms with E-state index >= 15 is 0 Å². The van der Waals surface area contributed by atoms with Gasteiger partial charge >= 0.3 is 0 Å². The lowest BCUT2D eigenvalue weighted by Crippen LogP contribution is -2.25. The number of benzene rings is 3. The van der Waals surface area contributed by atoms with Crippen molar-refractivity contribution in [3.63, 3.8) is 0 Å². The van der Waals surface area contributed by atoms with Crippen molar-refractivity contribution in [2.45, 2.75) is 18.0 Å². The number of sulfonamides is 1. The molecule has 0 atom stereocenters. The van der Waals surface area contributed by atoms with Crippen LogP contribution in [0, 0.1) is 5.82 Å². The summed E-state index contributed by atoms with van der Waals surface area (Å²) >= 11 is 0. The Morgan fingerprint density at radius 2 is 1.50 bits per heavy atom. The molecule has 0 aromatic heterocycles. The first-order chi connectivity index (χ1) is 13.4. The molecule has 2 N–H and O–H groups in total. The van der Waals surface area contributed by atoms with E-state index in [0.29, 0.717) is 0 Å². The van der Waals surface area contributed by atoms with Crippen molar-refractivity contribution in [3.05, 3.63) is 101 Å². The Balaban J connectivity index is 1.66. The normalized spacial score (nSPS) is 11.2. The van der Waals surface area contributed by atoms with E-state index in [4.69, 9.17) is 0 Å². The molecule has 3 rings (SSSR count). The summed E-state index contributed by atoms with van der Waals surface area (Å²) in [5.41, 5.74) is 1.80. The topological polar surface area (TPSA) is 75.3 Å². The van der Waals surface area contributed by atoms with E-state index in [9.17, 15) is 17.6 Å². The molecule has 28 heavy (non-hydrogen) atoms. The van der Waals surface area contributed by atoms with Gasteiger partial charge < -0.3 is 5.32 Å². The molecule has 0 heterocycles. The highest BCUT2D eigenvalue weighted by atomic mass is 32.2. The van der Waals surface area contributed by atoms with Gasteiger partial charge in [-0.05, 0) is 41.5 Å². The molecule has 7 heteroatoms. The average molecular weight is 398 g/mol. The van der Waals surface area contributed by atoms with Crippen molar-refractivity contribution >= 4 is 15.9 Å². The molecule has 0 bridgehead atoms. The molecule has 3 aromatic carbocycles. The lowest BCUT2D eigenvalue weighted by Gasteiger charge is -2.09. The molecule has 0 spiro atoms. The van der Waals surface area contributed by atoms with Crippen molar-refractivity contribution in [2.24, 2.45) is 0 Å². The van der Waals surface area contributed by atoms with Crippen LogP contribution in [0.5, 0.6) is 0 Å². The maximum Gasteiger partial charge on any atom is 0.251 e. The number of carbonyl (C=O) groups is 1. The lowest BCUT2D eigenvalue weighted by molar-refractivity contribution is 0.0950. The zero-order valence-corrected chi connectivity index (χ0v) is 15.7. The fourth-order valence-corrected chi connectivity index (χ4v) is 3.61. The van der Waals surface area contributed by atoms with Gasteiger partial charge in [0.05, 0.1) is 4.90 Å². The smallest absolute Gasteiger partial charge is 0.251 e. The van der Waals surface area contributed by atoms with Crippen LogP contribution in [0.4, 0.5) is 4.39 Å². The van der Waals surface area contributed by atoms with E-state index in [1.54, 1.807) is 12.1 Å². The molecule has 0 saturated heterocycles. The fraction of sp³-hybridized carbons (Fsp3) is 0.0952. The highest BCUT2D eigenvalue weighted by Crippen LogP contribution is 2.13. The number of halogens is 1. The molecule has 0 radical (unpaired) electrons. The predicted molar refractivity (Wildman–Crippen MR) is 104 cm³/mol. The van der Waals surface area contributed by atoms with Gasteiger partial charge in [0.1, 0.15) is 5.82 Å². The Bertz CT molecular complexity index is 1050.